The van der Waals surface area contributed by atoms with Crippen molar-refractivity contribution in [1.82, 2.24) is 15.3 Å². The minimum Gasteiger partial charge on any atom is -0.455 e. The molecule has 206 valence electrons. The molecule has 2 heterocycles. The summed E-state index contributed by atoms with van der Waals surface area (Å²) in [6.45, 7) is 5.91. The number of carbonyl (C=O) groups is 2. The maximum atomic E-state index is 13.6. The van der Waals surface area contributed by atoms with E-state index in [9.17, 15) is 14.0 Å². The van der Waals surface area contributed by atoms with Gasteiger partial charge in [-0.15, -0.1) is 0 Å². The number of aromatic nitrogens is 2. The van der Waals surface area contributed by atoms with Crippen LogP contribution in [0.5, 0.6) is 0 Å². The van der Waals surface area contributed by atoms with Crippen LogP contribution >= 0.6 is 0 Å². The maximum absolute atomic E-state index is 13.6. The van der Waals surface area contributed by atoms with Crippen LogP contribution in [-0.4, -0.2) is 28.7 Å². The van der Waals surface area contributed by atoms with E-state index in [1.165, 1.54) is 12.1 Å². The van der Waals surface area contributed by atoms with Gasteiger partial charge in [0.15, 0.2) is 5.78 Å². The highest BCUT2D eigenvalue weighted by molar-refractivity contribution is 6.12. The first kappa shape index (κ1) is 26.6. The van der Waals surface area contributed by atoms with Gasteiger partial charge in [-0.2, -0.15) is 0 Å². The minimum atomic E-state index is -0.368. The van der Waals surface area contributed by atoms with Crippen molar-refractivity contribution in [2.75, 3.05) is 7.05 Å². The number of rotatable bonds is 7. The molecule has 1 saturated carbocycles. The number of furan rings is 1. The molecule has 0 unspecified atom stereocenters. The van der Waals surface area contributed by atoms with E-state index in [0.29, 0.717) is 39.8 Å². The third kappa shape index (κ3) is 4.92. The molecule has 0 aliphatic heterocycles. The van der Waals surface area contributed by atoms with Crippen molar-refractivity contribution in [3.8, 4) is 22.5 Å². The Balaban J connectivity index is 1.37. The Morgan fingerprint density at radius 3 is 2.24 bits per heavy atom. The number of benzene rings is 3. The fourth-order valence-electron chi connectivity index (χ4n) is 5.53. The van der Waals surface area contributed by atoms with Gasteiger partial charge in [0.2, 0.25) is 0 Å². The molecule has 1 N–H and O–H groups in total. The summed E-state index contributed by atoms with van der Waals surface area (Å²) in [7, 11) is 1.56. The zero-order chi connectivity index (χ0) is 28.9. The van der Waals surface area contributed by atoms with E-state index in [1.807, 2.05) is 63.2 Å². The van der Waals surface area contributed by atoms with Crippen LogP contribution in [0.1, 0.15) is 62.8 Å². The van der Waals surface area contributed by atoms with Crippen LogP contribution in [0.2, 0.25) is 0 Å². The quantitative estimate of drug-likeness (QED) is 0.216. The van der Waals surface area contributed by atoms with Gasteiger partial charge in [0.05, 0.1) is 5.56 Å². The third-order valence-corrected chi connectivity index (χ3v) is 7.93. The Morgan fingerprint density at radius 2 is 1.59 bits per heavy atom. The van der Waals surface area contributed by atoms with E-state index in [4.69, 9.17) is 4.42 Å². The lowest BCUT2D eigenvalue weighted by Crippen LogP contribution is -2.18. The smallest absolute Gasteiger partial charge is 0.255 e. The normalized spacial score (nSPS) is 13.8. The van der Waals surface area contributed by atoms with Crippen molar-refractivity contribution in [3.05, 3.63) is 106 Å². The molecule has 0 radical (unpaired) electrons. The summed E-state index contributed by atoms with van der Waals surface area (Å²) in [5.74, 6) is 0.526. The van der Waals surface area contributed by atoms with Gasteiger partial charge in [-0.3, -0.25) is 9.59 Å². The van der Waals surface area contributed by atoms with E-state index in [0.717, 1.165) is 46.7 Å². The minimum absolute atomic E-state index is 0.0561. The average molecular weight is 548 g/mol. The van der Waals surface area contributed by atoms with Crippen molar-refractivity contribution >= 4 is 22.7 Å². The summed E-state index contributed by atoms with van der Waals surface area (Å²) >= 11 is 0. The predicted molar refractivity (Wildman–Crippen MR) is 157 cm³/mol. The summed E-state index contributed by atoms with van der Waals surface area (Å²) in [4.78, 5) is 35.9. The molecule has 7 heteroatoms. The number of carbonyl (C=O) groups excluding carboxylic acids is 2. The second-order valence-electron chi connectivity index (χ2n) is 11.0. The van der Waals surface area contributed by atoms with E-state index in [2.05, 4.69) is 15.3 Å². The van der Waals surface area contributed by atoms with E-state index < -0.39 is 0 Å². The van der Waals surface area contributed by atoms with Crippen molar-refractivity contribution in [3.63, 3.8) is 0 Å². The summed E-state index contributed by atoms with van der Waals surface area (Å²) in [5, 5.41) is 3.34. The van der Waals surface area contributed by atoms with Gasteiger partial charge < -0.3 is 9.73 Å². The molecule has 0 spiro atoms. The van der Waals surface area contributed by atoms with E-state index >= 15 is 0 Å². The van der Waals surface area contributed by atoms with E-state index in [1.54, 1.807) is 19.2 Å². The van der Waals surface area contributed by atoms with Gasteiger partial charge in [0, 0.05) is 46.8 Å². The molecule has 0 saturated heterocycles. The highest BCUT2D eigenvalue weighted by atomic mass is 19.1. The predicted octanol–water partition coefficient (Wildman–Crippen LogP) is 7.29. The van der Waals surface area contributed by atoms with Crippen molar-refractivity contribution in [2.24, 2.45) is 0 Å². The largest absolute Gasteiger partial charge is 0.455 e. The molecule has 3 aromatic carbocycles. The van der Waals surface area contributed by atoms with Crippen LogP contribution in [0, 0.1) is 26.6 Å². The number of amides is 1. The van der Waals surface area contributed by atoms with Crippen LogP contribution in [0.3, 0.4) is 0 Å². The molecule has 5 aromatic rings. The molecule has 6 nitrogen and oxygen atoms in total. The van der Waals surface area contributed by atoms with Crippen LogP contribution < -0.4 is 5.32 Å². The lowest BCUT2D eigenvalue weighted by molar-refractivity contribution is 0.0958. The number of aryl methyl sites for hydroxylation is 3. The first-order valence-electron chi connectivity index (χ1n) is 13.7. The number of nitrogens with one attached hydrogen (secondary N) is 1. The Labute approximate surface area is 237 Å². The fraction of sp³-hybridized carbons (Fsp3) is 0.235. The van der Waals surface area contributed by atoms with Crippen LogP contribution in [0.25, 0.3) is 33.4 Å². The maximum Gasteiger partial charge on any atom is 0.255 e. The number of hydrogen-bond donors (Lipinski definition) is 1. The van der Waals surface area contributed by atoms with Gasteiger partial charge in [0.1, 0.15) is 23.0 Å². The lowest BCUT2D eigenvalue weighted by Gasteiger charge is -2.15. The molecule has 6 rings (SSSR count). The van der Waals surface area contributed by atoms with Crippen LogP contribution in [-0.2, 0) is 5.41 Å². The second kappa shape index (κ2) is 10.1. The second-order valence-corrected chi connectivity index (χ2v) is 11.0. The Morgan fingerprint density at radius 1 is 0.902 bits per heavy atom. The van der Waals surface area contributed by atoms with Gasteiger partial charge in [-0.05, 0) is 98.8 Å². The van der Waals surface area contributed by atoms with Crippen LogP contribution in [0.15, 0.2) is 71.1 Å². The summed E-state index contributed by atoms with van der Waals surface area (Å²) in [5.41, 5.74) is 6.45. The first-order chi connectivity index (χ1) is 19.7. The molecule has 1 amide bonds. The Kier molecular flexibility index (Phi) is 6.53. The third-order valence-electron chi connectivity index (χ3n) is 7.93. The van der Waals surface area contributed by atoms with Gasteiger partial charge >= 0.3 is 0 Å². The Bertz CT molecular complexity index is 1810. The molecule has 1 aliphatic carbocycles. The molecule has 1 fully saturated rings. The topological polar surface area (TPSA) is 85.1 Å². The van der Waals surface area contributed by atoms with Gasteiger partial charge in [-0.1, -0.05) is 18.2 Å². The molecule has 41 heavy (non-hydrogen) atoms. The van der Waals surface area contributed by atoms with Crippen molar-refractivity contribution < 1.29 is 18.4 Å². The van der Waals surface area contributed by atoms with Crippen molar-refractivity contribution in [2.45, 2.75) is 45.4 Å². The molecular weight excluding hydrogens is 517 g/mol. The number of nitrogens with zero attached hydrogens (tertiary/aromatic N) is 2. The number of ketones is 1. The fourth-order valence-corrected chi connectivity index (χ4v) is 5.53. The van der Waals surface area contributed by atoms with Gasteiger partial charge in [0.25, 0.3) is 5.91 Å². The Hall–Kier alpha value is -4.65. The highest BCUT2D eigenvalue weighted by Gasteiger charge is 2.48. The standard InChI is InChI=1S/C34H30FN3O3/c1-19-5-6-24(28(39)18-34(13-14-34)33-37-20(2)15-21(3)38-33)17-26(19)23-9-12-29-27(16-23)30(32(40)36-4)31(41-29)22-7-10-25(35)11-8-22/h5-12,15-17H,13-14,18H2,1-4H3,(H,36,40). The summed E-state index contributed by atoms with van der Waals surface area (Å²) in [6, 6.07) is 19.2. The van der Waals surface area contributed by atoms with Crippen molar-refractivity contribution in [1.29, 1.82) is 0 Å². The zero-order valence-electron chi connectivity index (χ0n) is 23.5. The zero-order valence-corrected chi connectivity index (χ0v) is 23.5. The number of fused-ring (bicyclic) bond motifs is 1. The molecular formula is C34H30FN3O3. The molecule has 0 atom stereocenters. The average Bonchev–Trinajstić information content (AvgIpc) is 3.64. The molecule has 1 aliphatic rings. The number of hydrogen-bond acceptors (Lipinski definition) is 5. The summed E-state index contributed by atoms with van der Waals surface area (Å²) in [6.07, 6.45) is 2.16. The summed E-state index contributed by atoms with van der Waals surface area (Å²) < 4.78 is 19.7. The number of Topliss-reactive ketones (excluding diaryl/α,β-unsaturated/α-hetero) is 1. The monoisotopic (exact) mass is 547 g/mol. The molecule has 0 bridgehead atoms. The number of halogens is 1. The van der Waals surface area contributed by atoms with E-state index in [-0.39, 0.29) is 22.9 Å². The SMILES string of the molecule is CNC(=O)c1c(-c2ccc(F)cc2)oc2ccc(-c3cc(C(=O)CC4(c5nc(C)cc(C)n5)CC4)ccc3C)cc12. The lowest BCUT2D eigenvalue weighted by atomic mass is 9.91. The highest BCUT2D eigenvalue weighted by Crippen LogP contribution is 2.50. The molecule has 2 aromatic heterocycles. The first-order valence-corrected chi connectivity index (χ1v) is 13.7. The van der Waals surface area contributed by atoms with Crippen LogP contribution in [0.4, 0.5) is 4.39 Å². The van der Waals surface area contributed by atoms with Gasteiger partial charge in [-0.25, -0.2) is 14.4 Å².